The fraction of sp³-hybridized carbons (Fsp3) is 0.393. The van der Waals surface area contributed by atoms with Gasteiger partial charge in [-0.3, -0.25) is 9.78 Å². The third-order valence-electron chi connectivity index (χ3n) is 5.19. The van der Waals surface area contributed by atoms with Gasteiger partial charge in [0, 0.05) is 24.4 Å². The smallest absolute Gasteiger partial charge is 0.388 e. The first-order valence-electron chi connectivity index (χ1n) is 12.5. The molecule has 0 radical (unpaired) electrons. The Balaban J connectivity index is 0.000000629. The molecule has 0 bridgehead atoms. The number of aryl methyl sites for hydroxylation is 1. The van der Waals surface area contributed by atoms with E-state index in [2.05, 4.69) is 15.3 Å². The number of hydrogen-bond donors (Lipinski definition) is 2. The number of anilines is 1. The van der Waals surface area contributed by atoms with E-state index in [9.17, 15) is 27.5 Å². The summed E-state index contributed by atoms with van der Waals surface area (Å²) in [6.07, 6.45) is 0.867. The van der Waals surface area contributed by atoms with Gasteiger partial charge in [-0.25, -0.2) is 9.37 Å². The topological polar surface area (TPSA) is 75.1 Å². The highest BCUT2D eigenvalue weighted by atomic mass is 35.5. The monoisotopic (exact) mass is 555 g/mol. The first-order valence-corrected chi connectivity index (χ1v) is 12.9. The Morgan fingerprint density at radius 1 is 1.11 bits per heavy atom. The van der Waals surface area contributed by atoms with Crippen LogP contribution in [-0.4, -0.2) is 27.2 Å². The summed E-state index contributed by atoms with van der Waals surface area (Å²) in [7, 11) is 0. The van der Waals surface area contributed by atoms with Crippen molar-refractivity contribution in [1.82, 2.24) is 9.97 Å². The molecular weight excluding hydrogens is 522 g/mol. The predicted molar refractivity (Wildman–Crippen MR) is 144 cm³/mol. The van der Waals surface area contributed by atoms with Gasteiger partial charge in [0.25, 0.3) is 5.91 Å². The molecule has 38 heavy (non-hydrogen) atoms. The maximum absolute atomic E-state index is 14.7. The number of phenols is 1. The molecule has 1 saturated carbocycles. The van der Waals surface area contributed by atoms with Crippen molar-refractivity contribution in [2.75, 3.05) is 5.32 Å². The van der Waals surface area contributed by atoms with E-state index in [1.165, 1.54) is 12.3 Å². The fourth-order valence-corrected chi connectivity index (χ4v) is 3.27. The lowest BCUT2D eigenvalue weighted by Crippen LogP contribution is -2.14. The van der Waals surface area contributed by atoms with Crippen molar-refractivity contribution in [3.8, 4) is 17.0 Å². The van der Waals surface area contributed by atoms with Crippen LogP contribution in [0, 0.1) is 12.7 Å². The Morgan fingerprint density at radius 2 is 1.71 bits per heavy atom. The van der Waals surface area contributed by atoms with Gasteiger partial charge in [-0.05, 0) is 61.1 Å². The fourth-order valence-electron chi connectivity index (χ4n) is 3.02. The van der Waals surface area contributed by atoms with Crippen LogP contribution in [0.1, 0.15) is 81.3 Å². The molecule has 2 aromatic heterocycles. The van der Waals surface area contributed by atoms with Crippen molar-refractivity contribution in [1.29, 1.82) is 0 Å². The quantitative estimate of drug-likeness (QED) is 0.249. The lowest BCUT2D eigenvalue weighted by molar-refractivity contribution is -0.130. The number of rotatable bonds is 4. The number of phenolic OH excluding ortho intramolecular Hbond substituents is 1. The number of nitrogens with zero attached hydrogens (tertiary/aromatic N) is 2. The number of aromatic hydroxyl groups is 1. The molecule has 0 unspecified atom stereocenters. The number of halogens is 5. The number of amides is 1. The van der Waals surface area contributed by atoms with Gasteiger partial charge in [0.15, 0.2) is 5.15 Å². The highest BCUT2D eigenvalue weighted by Gasteiger charge is 2.24. The number of nitrogens with one attached hydrogen (secondary N) is 1. The number of alkyl halides is 3. The molecule has 1 aliphatic carbocycles. The highest BCUT2D eigenvalue weighted by molar-refractivity contribution is 6.33. The van der Waals surface area contributed by atoms with E-state index in [0.717, 1.165) is 31.4 Å². The first-order chi connectivity index (χ1) is 18.0. The summed E-state index contributed by atoms with van der Waals surface area (Å²) in [5.41, 5.74) is 2.48. The van der Waals surface area contributed by atoms with Gasteiger partial charge >= 0.3 is 6.18 Å². The van der Waals surface area contributed by atoms with E-state index < -0.39 is 24.3 Å². The third kappa shape index (κ3) is 9.59. The van der Waals surface area contributed by atoms with Crippen LogP contribution in [0.15, 0.2) is 42.7 Å². The lowest BCUT2D eigenvalue weighted by Gasteiger charge is -2.12. The second-order valence-corrected chi connectivity index (χ2v) is 8.17. The first kappa shape index (κ1) is 32.8. The zero-order chi connectivity index (χ0) is 29.0. The van der Waals surface area contributed by atoms with Crippen molar-refractivity contribution in [3.63, 3.8) is 0 Å². The van der Waals surface area contributed by atoms with Gasteiger partial charge in [0.05, 0.1) is 16.9 Å². The summed E-state index contributed by atoms with van der Waals surface area (Å²) in [6, 6.07) is 7.54. The molecule has 1 amide bonds. The van der Waals surface area contributed by atoms with Crippen LogP contribution in [0.3, 0.4) is 0 Å². The molecular formula is C28H34ClF4N3O2. The number of carbonyl (C=O) groups is 1. The molecule has 0 aliphatic heterocycles. The normalized spacial score (nSPS) is 12.1. The van der Waals surface area contributed by atoms with E-state index in [-0.39, 0.29) is 22.0 Å². The van der Waals surface area contributed by atoms with Gasteiger partial charge in [-0.2, -0.15) is 13.2 Å². The number of benzene rings is 1. The van der Waals surface area contributed by atoms with E-state index in [4.69, 9.17) is 11.6 Å². The van der Waals surface area contributed by atoms with Gasteiger partial charge in [0.1, 0.15) is 11.6 Å². The minimum Gasteiger partial charge on any atom is -0.507 e. The molecule has 2 N–H and O–H groups in total. The van der Waals surface area contributed by atoms with Crippen LogP contribution in [0.5, 0.6) is 5.75 Å². The molecule has 5 nitrogen and oxygen atoms in total. The standard InChI is InChI=1S/C21H17ClFN3O2.C3H5F3.2C2H6/c1-11-6-7-24-20(22)19(11)26-21(28)15-8-16(23)14(9-18(15)27)17-5-4-13(10-25-17)12-2-3-12;1-2-3(4,5)6;2*1-2/h4-10,12,27H,2-3H2,1H3,(H,26,28);2H2,1H3;2*1-2H3. The van der Waals surface area contributed by atoms with Crippen LogP contribution in [0.4, 0.5) is 23.2 Å². The zero-order valence-electron chi connectivity index (χ0n) is 22.4. The number of hydrogen-bond acceptors (Lipinski definition) is 4. The van der Waals surface area contributed by atoms with Crippen LogP contribution in [0.25, 0.3) is 11.3 Å². The second-order valence-electron chi connectivity index (χ2n) is 7.82. The van der Waals surface area contributed by atoms with E-state index in [1.807, 2.05) is 33.8 Å². The molecule has 0 spiro atoms. The Kier molecular flexibility index (Phi) is 13.2. The second kappa shape index (κ2) is 15.3. The molecule has 1 aliphatic rings. The summed E-state index contributed by atoms with van der Waals surface area (Å²) in [6.45, 7) is 10.8. The van der Waals surface area contributed by atoms with E-state index in [0.29, 0.717) is 22.9 Å². The Morgan fingerprint density at radius 3 is 2.18 bits per heavy atom. The van der Waals surface area contributed by atoms with Crippen LogP contribution >= 0.6 is 11.6 Å². The van der Waals surface area contributed by atoms with E-state index in [1.54, 1.807) is 25.3 Å². The number of pyridine rings is 2. The molecule has 208 valence electrons. The minimum absolute atomic E-state index is 0.116. The Labute approximate surface area is 226 Å². The largest absolute Gasteiger partial charge is 0.507 e. The molecule has 1 aromatic carbocycles. The van der Waals surface area contributed by atoms with Crippen molar-refractivity contribution in [2.45, 2.75) is 72.9 Å². The summed E-state index contributed by atoms with van der Waals surface area (Å²) < 4.78 is 47.0. The van der Waals surface area contributed by atoms with E-state index >= 15 is 0 Å². The van der Waals surface area contributed by atoms with Crippen molar-refractivity contribution in [3.05, 3.63) is 70.4 Å². The predicted octanol–water partition coefficient (Wildman–Crippen LogP) is 9.09. The molecule has 1 fully saturated rings. The van der Waals surface area contributed by atoms with Gasteiger partial charge in [-0.1, -0.05) is 52.3 Å². The molecule has 4 rings (SSSR count). The maximum Gasteiger partial charge on any atom is 0.388 e. The van der Waals surface area contributed by atoms with Crippen molar-refractivity contribution >= 4 is 23.2 Å². The molecule has 10 heteroatoms. The van der Waals surface area contributed by atoms with Crippen molar-refractivity contribution in [2.24, 2.45) is 0 Å². The average molecular weight is 556 g/mol. The third-order valence-corrected chi connectivity index (χ3v) is 5.48. The van der Waals surface area contributed by atoms with Crippen molar-refractivity contribution < 1.29 is 27.5 Å². The summed E-state index contributed by atoms with van der Waals surface area (Å²) in [5.74, 6) is -1.13. The van der Waals surface area contributed by atoms with Crippen LogP contribution in [-0.2, 0) is 0 Å². The SMILES string of the molecule is CC.CC.CCC(F)(F)F.Cc1ccnc(Cl)c1NC(=O)c1cc(F)c(-c2ccc(C3CC3)cn2)cc1O. The molecule has 3 aromatic rings. The lowest BCUT2D eigenvalue weighted by atomic mass is 10.0. The summed E-state index contributed by atoms with van der Waals surface area (Å²) in [5, 5.41) is 13.0. The number of carbonyl (C=O) groups excluding carboxylic acids is 1. The van der Waals surface area contributed by atoms with Crippen LogP contribution < -0.4 is 5.32 Å². The average Bonchev–Trinajstić information content (AvgIpc) is 3.75. The number of aromatic nitrogens is 2. The Bertz CT molecular complexity index is 1160. The van der Waals surface area contributed by atoms with Gasteiger partial charge < -0.3 is 10.4 Å². The summed E-state index contributed by atoms with van der Waals surface area (Å²) in [4.78, 5) is 20.7. The highest BCUT2D eigenvalue weighted by Crippen LogP contribution is 2.40. The zero-order valence-corrected chi connectivity index (χ0v) is 23.1. The van der Waals surface area contributed by atoms with Gasteiger partial charge in [0.2, 0.25) is 0 Å². The van der Waals surface area contributed by atoms with Crippen LogP contribution in [0.2, 0.25) is 5.15 Å². The Hall–Kier alpha value is -3.20. The molecule has 0 saturated heterocycles. The maximum atomic E-state index is 14.7. The summed E-state index contributed by atoms with van der Waals surface area (Å²) >= 11 is 6.01. The molecule has 2 heterocycles. The van der Waals surface area contributed by atoms with Gasteiger partial charge in [-0.15, -0.1) is 0 Å². The molecule has 0 atom stereocenters. The minimum atomic E-state index is -3.96.